The lowest BCUT2D eigenvalue weighted by atomic mass is 9.83. The predicted molar refractivity (Wildman–Crippen MR) is 113 cm³/mol. The van der Waals surface area contributed by atoms with Crippen molar-refractivity contribution < 1.29 is 13.6 Å². The number of aromatic nitrogens is 3. The van der Waals surface area contributed by atoms with Gasteiger partial charge in [0.25, 0.3) is 0 Å². The van der Waals surface area contributed by atoms with Crippen molar-refractivity contribution in [3.8, 4) is 11.3 Å². The summed E-state index contributed by atoms with van der Waals surface area (Å²) in [6, 6.07) is 7.72. The van der Waals surface area contributed by atoms with Gasteiger partial charge in [0.1, 0.15) is 17.5 Å². The Balaban J connectivity index is 1.44. The molecule has 3 aromatic rings. The van der Waals surface area contributed by atoms with Gasteiger partial charge in [-0.1, -0.05) is 6.92 Å². The summed E-state index contributed by atoms with van der Waals surface area (Å²) in [5.74, 6) is -0.0536. The van der Waals surface area contributed by atoms with Gasteiger partial charge < -0.3 is 10.6 Å². The minimum atomic E-state index is -0.742. The first-order valence-corrected chi connectivity index (χ1v) is 10.0. The summed E-state index contributed by atoms with van der Waals surface area (Å²) in [4.78, 5) is 27.3. The van der Waals surface area contributed by atoms with Gasteiger partial charge in [-0.05, 0) is 36.8 Å². The highest BCUT2D eigenvalue weighted by Crippen LogP contribution is 2.33. The molecule has 1 aromatic carbocycles. The Kier molecular flexibility index (Phi) is 5.75. The van der Waals surface area contributed by atoms with Crippen molar-refractivity contribution in [1.29, 1.82) is 0 Å². The Bertz CT molecular complexity index is 1090. The van der Waals surface area contributed by atoms with Gasteiger partial charge in [-0.15, -0.1) is 0 Å². The van der Waals surface area contributed by atoms with E-state index in [0.29, 0.717) is 13.1 Å². The molecule has 0 aliphatic carbocycles. The van der Waals surface area contributed by atoms with Crippen LogP contribution in [-0.4, -0.2) is 39.0 Å². The van der Waals surface area contributed by atoms with Gasteiger partial charge in [-0.3, -0.25) is 5.32 Å². The summed E-state index contributed by atoms with van der Waals surface area (Å²) >= 11 is 0. The third-order valence-electron chi connectivity index (χ3n) is 5.48. The minimum Gasteiger partial charge on any atom is -0.396 e. The van der Waals surface area contributed by atoms with Crippen molar-refractivity contribution in [3.63, 3.8) is 0 Å². The number of hydrogen-bond acceptors (Lipinski definition) is 5. The topological polar surface area (TPSA) is 97.0 Å². The van der Waals surface area contributed by atoms with Gasteiger partial charge in [0, 0.05) is 48.9 Å². The van der Waals surface area contributed by atoms with Crippen LogP contribution in [0.3, 0.4) is 0 Å². The van der Waals surface area contributed by atoms with E-state index in [1.54, 1.807) is 23.4 Å². The van der Waals surface area contributed by atoms with Crippen LogP contribution < -0.4 is 11.1 Å². The van der Waals surface area contributed by atoms with Gasteiger partial charge in [-0.25, -0.2) is 28.5 Å². The van der Waals surface area contributed by atoms with Crippen LogP contribution in [-0.2, 0) is 0 Å². The van der Waals surface area contributed by atoms with Crippen molar-refractivity contribution in [2.75, 3.05) is 24.1 Å². The lowest BCUT2D eigenvalue weighted by Gasteiger charge is -2.42. The van der Waals surface area contributed by atoms with Crippen molar-refractivity contribution in [2.24, 2.45) is 5.92 Å². The SMILES string of the molecule is CCC(c1ncccn1)C1CN(C(=O)Nc2nc(-c3ccc(F)cc3F)ccc2N)C1. The molecule has 3 N–H and O–H groups in total. The molecule has 4 rings (SSSR count). The third kappa shape index (κ3) is 4.30. The Morgan fingerprint density at radius 3 is 2.65 bits per heavy atom. The summed E-state index contributed by atoms with van der Waals surface area (Å²) in [6.45, 7) is 3.21. The van der Waals surface area contributed by atoms with Crippen LogP contribution in [0.5, 0.6) is 0 Å². The van der Waals surface area contributed by atoms with Gasteiger partial charge in [0.2, 0.25) is 0 Å². The fourth-order valence-corrected chi connectivity index (χ4v) is 3.76. The number of nitrogen functional groups attached to an aromatic ring is 1. The van der Waals surface area contributed by atoms with E-state index in [0.717, 1.165) is 24.4 Å². The monoisotopic (exact) mass is 424 g/mol. The molecule has 7 nitrogen and oxygen atoms in total. The van der Waals surface area contributed by atoms with E-state index in [-0.39, 0.29) is 40.6 Å². The molecule has 1 aliphatic rings. The molecule has 9 heteroatoms. The van der Waals surface area contributed by atoms with E-state index < -0.39 is 11.6 Å². The van der Waals surface area contributed by atoms with Crippen LogP contribution in [0.25, 0.3) is 11.3 Å². The Morgan fingerprint density at radius 2 is 1.97 bits per heavy atom. The number of likely N-dealkylation sites (tertiary alicyclic amines) is 1. The number of amides is 2. The predicted octanol–water partition coefficient (Wildman–Crippen LogP) is 4.06. The highest BCUT2D eigenvalue weighted by Gasteiger charge is 2.37. The first-order chi connectivity index (χ1) is 15.0. The second-order valence-corrected chi connectivity index (χ2v) is 7.48. The average molecular weight is 424 g/mol. The molecule has 2 aromatic heterocycles. The molecule has 1 saturated heterocycles. The number of nitrogens with zero attached hydrogens (tertiary/aromatic N) is 4. The minimum absolute atomic E-state index is 0.120. The molecule has 1 atom stereocenters. The first-order valence-electron chi connectivity index (χ1n) is 10.0. The zero-order valence-electron chi connectivity index (χ0n) is 16.9. The molecule has 0 saturated carbocycles. The molecule has 1 aliphatic heterocycles. The summed E-state index contributed by atoms with van der Waals surface area (Å²) in [5.41, 5.74) is 6.56. The second-order valence-electron chi connectivity index (χ2n) is 7.48. The number of urea groups is 1. The quantitative estimate of drug-likeness (QED) is 0.644. The van der Waals surface area contributed by atoms with Crippen molar-refractivity contribution in [2.45, 2.75) is 19.3 Å². The smallest absolute Gasteiger partial charge is 0.323 e. The Hall–Kier alpha value is -3.62. The van der Waals surface area contributed by atoms with Crippen molar-refractivity contribution in [3.05, 3.63) is 66.3 Å². The first kappa shape index (κ1) is 20.6. The number of benzene rings is 1. The number of pyridine rings is 1. The normalized spacial score (nSPS) is 14.7. The molecular formula is C22H22F2N6O. The van der Waals surface area contributed by atoms with Crippen LogP contribution in [0.2, 0.25) is 0 Å². The molecule has 0 spiro atoms. The van der Waals surface area contributed by atoms with E-state index in [2.05, 4.69) is 27.2 Å². The average Bonchev–Trinajstić information content (AvgIpc) is 2.72. The standard InChI is InChI=1S/C22H22F2N6O/c1-2-15(20-26-8-3-9-27-20)13-11-30(12-13)22(31)29-21-18(25)6-7-19(28-21)16-5-4-14(23)10-17(16)24/h3-10,13,15H,2,11-12,25H2,1H3,(H,28,29,31). The van der Waals surface area contributed by atoms with Crippen LogP contribution in [0.15, 0.2) is 48.8 Å². The maximum absolute atomic E-state index is 14.1. The maximum Gasteiger partial charge on any atom is 0.323 e. The number of nitrogens with one attached hydrogen (secondary N) is 1. The Morgan fingerprint density at radius 1 is 1.23 bits per heavy atom. The molecule has 0 radical (unpaired) electrons. The van der Waals surface area contributed by atoms with Crippen molar-refractivity contribution in [1.82, 2.24) is 19.9 Å². The fraction of sp³-hybridized carbons (Fsp3) is 0.273. The largest absolute Gasteiger partial charge is 0.396 e. The number of halogens is 2. The van der Waals surface area contributed by atoms with Crippen LogP contribution >= 0.6 is 0 Å². The molecule has 160 valence electrons. The molecular weight excluding hydrogens is 402 g/mol. The molecule has 2 amide bonds. The number of carbonyl (C=O) groups is 1. The van der Waals surface area contributed by atoms with Crippen LogP contribution in [0.1, 0.15) is 25.1 Å². The summed E-state index contributed by atoms with van der Waals surface area (Å²) < 4.78 is 27.3. The molecule has 3 heterocycles. The fourth-order valence-electron chi connectivity index (χ4n) is 3.76. The van der Waals surface area contributed by atoms with Gasteiger partial charge in [-0.2, -0.15) is 0 Å². The lowest BCUT2D eigenvalue weighted by Crippen LogP contribution is -2.53. The summed E-state index contributed by atoms with van der Waals surface area (Å²) in [5, 5.41) is 2.69. The van der Waals surface area contributed by atoms with E-state index in [4.69, 9.17) is 5.73 Å². The zero-order valence-corrected chi connectivity index (χ0v) is 16.9. The van der Waals surface area contributed by atoms with Gasteiger partial charge in [0.15, 0.2) is 5.82 Å². The number of carbonyl (C=O) groups excluding carboxylic acids is 1. The van der Waals surface area contributed by atoms with Crippen LogP contribution in [0, 0.1) is 17.6 Å². The van der Waals surface area contributed by atoms with Crippen molar-refractivity contribution >= 4 is 17.5 Å². The van der Waals surface area contributed by atoms with Crippen LogP contribution in [0.4, 0.5) is 25.1 Å². The Labute approximate surface area is 178 Å². The molecule has 1 fully saturated rings. The summed E-state index contributed by atoms with van der Waals surface area (Å²) in [6.07, 6.45) is 4.32. The number of hydrogen-bond donors (Lipinski definition) is 2. The summed E-state index contributed by atoms with van der Waals surface area (Å²) in [7, 11) is 0. The van der Waals surface area contributed by atoms with Gasteiger partial charge >= 0.3 is 6.03 Å². The van der Waals surface area contributed by atoms with Gasteiger partial charge in [0.05, 0.1) is 11.4 Å². The van der Waals surface area contributed by atoms with E-state index in [1.165, 1.54) is 18.2 Å². The van der Waals surface area contributed by atoms with E-state index in [9.17, 15) is 13.6 Å². The van der Waals surface area contributed by atoms with E-state index in [1.807, 2.05) is 0 Å². The maximum atomic E-state index is 14.1. The number of nitrogens with two attached hydrogens (primary N) is 1. The molecule has 0 bridgehead atoms. The molecule has 1 unspecified atom stereocenters. The number of rotatable bonds is 5. The second kappa shape index (κ2) is 8.63. The highest BCUT2D eigenvalue weighted by molar-refractivity contribution is 5.92. The lowest BCUT2D eigenvalue weighted by molar-refractivity contribution is 0.110. The number of anilines is 2. The molecule has 31 heavy (non-hydrogen) atoms. The zero-order chi connectivity index (χ0) is 22.0. The van der Waals surface area contributed by atoms with E-state index >= 15 is 0 Å². The highest BCUT2D eigenvalue weighted by atomic mass is 19.1. The third-order valence-corrected chi connectivity index (χ3v) is 5.48.